The molecule has 5 rings (SSSR count). The summed E-state index contributed by atoms with van der Waals surface area (Å²) in [6.07, 6.45) is 2.87. The lowest BCUT2D eigenvalue weighted by atomic mass is 10.0. The Kier molecular flexibility index (Phi) is 11.3. The highest BCUT2D eigenvalue weighted by atomic mass is 32.2. The van der Waals surface area contributed by atoms with Gasteiger partial charge in [0.05, 0.1) is 19.3 Å². The number of amides is 4. The van der Waals surface area contributed by atoms with E-state index >= 15 is 0 Å². The molecule has 1 fully saturated rings. The van der Waals surface area contributed by atoms with Gasteiger partial charge in [-0.1, -0.05) is 91.0 Å². The summed E-state index contributed by atoms with van der Waals surface area (Å²) in [5, 5.41) is 8.19. The van der Waals surface area contributed by atoms with E-state index in [4.69, 9.17) is 0 Å². The van der Waals surface area contributed by atoms with E-state index in [1.165, 1.54) is 5.01 Å². The van der Waals surface area contributed by atoms with Crippen molar-refractivity contribution in [1.82, 2.24) is 25.1 Å². The smallest absolute Gasteiger partial charge is 0.334 e. The number of nitrogens with zero attached hydrogens (tertiary/aromatic N) is 4. The lowest BCUT2D eigenvalue weighted by Gasteiger charge is -2.37. The Balaban J connectivity index is 1.44. The summed E-state index contributed by atoms with van der Waals surface area (Å²) in [4.78, 5) is 45.1. The number of hydrogen-bond acceptors (Lipinski definition) is 6. The summed E-state index contributed by atoms with van der Waals surface area (Å²) in [5.41, 5.74) is 3.06. The molecule has 1 heterocycles. The van der Waals surface area contributed by atoms with Crippen LogP contribution in [0.5, 0.6) is 0 Å². The Labute approximate surface area is 287 Å². The van der Waals surface area contributed by atoms with Crippen LogP contribution < -0.4 is 10.0 Å². The number of hydrogen-bond donors (Lipinski definition) is 2. The predicted molar refractivity (Wildman–Crippen MR) is 192 cm³/mol. The number of carbonyl (C=O) groups excluding carboxylic acids is 3. The normalized spacial score (nSPS) is 15.9. The molecule has 4 aromatic carbocycles. The molecule has 2 N–H and O–H groups in total. The minimum Gasteiger partial charge on any atom is -0.343 e. The molecule has 0 aromatic heterocycles. The van der Waals surface area contributed by atoms with Crippen molar-refractivity contribution in [2.75, 3.05) is 44.2 Å². The van der Waals surface area contributed by atoms with Crippen molar-refractivity contribution in [2.24, 2.45) is 0 Å². The molecule has 256 valence electrons. The Morgan fingerprint density at radius 1 is 0.939 bits per heavy atom. The number of anilines is 1. The molecule has 49 heavy (non-hydrogen) atoms. The molecule has 4 aromatic rings. The summed E-state index contributed by atoms with van der Waals surface area (Å²) in [6, 6.07) is 29.1. The van der Waals surface area contributed by atoms with Crippen LogP contribution in [0.15, 0.2) is 110 Å². The van der Waals surface area contributed by atoms with Crippen molar-refractivity contribution in [2.45, 2.75) is 25.6 Å². The number of sulfonamides is 1. The van der Waals surface area contributed by atoms with Gasteiger partial charge in [0, 0.05) is 45.3 Å². The van der Waals surface area contributed by atoms with Gasteiger partial charge >= 0.3 is 6.03 Å². The minimum atomic E-state index is -3.45. The molecule has 1 saturated heterocycles. The summed E-state index contributed by atoms with van der Waals surface area (Å²) in [6.45, 7) is 5.01. The number of fused-ring (bicyclic) bond motifs is 1. The average Bonchev–Trinajstić information content (AvgIpc) is 3.13. The molecular formula is C37H42N6O5S. The van der Waals surface area contributed by atoms with E-state index in [0.29, 0.717) is 18.8 Å². The van der Waals surface area contributed by atoms with Crippen LogP contribution in [-0.4, -0.2) is 91.6 Å². The third-order valence-corrected chi connectivity index (χ3v) is 8.90. The molecular weight excluding hydrogens is 641 g/mol. The monoisotopic (exact) mass is 682 g/mol. The van der Waals surface area contributed by atoms with Gasteiger partial charge in [-0.05, 0) is 39.6 Å². The number of nitrogens with one attached hydrogen (secondary N) is 2. The average molecular weight is 683 g/mol. The zero-order valence-corrected chi connectivity index (χ0v) is 28.6. The first-order chi connectivity index (χ1) is 23.5. The minimum absolute atomic E-state index is 0.151. The Bertz CT molecular complexity index is 1900. The molecule has 0 spiro atoms. The van der Waals surface area contributed by atoms with Gasteiger partial charge in [0.2, 0.25) is 21.8 Å². The van der Waals surface area contributed by atoms with Crippen molar-refractivity contribution in [3.63, 3.8) is 0 Å². The third-order valence-electron chi connectivity index (χ3n) is 8.29. The van der Waals surface area contributed by atoms with Crippen LogP contribution in [0.4, 0.5) is 10.5 Å². The van der Waals surface area contributed by atoms with Gasteiger partial charge in [-0.3, -0.25) is 19.3 Å². The van der Waals surface area contributed by atoms with Crippen molar-refractivity contribution in [1.29, 1.82) is 0 Å². The molecule has 0 aliphatic carbocycles. The maximum absolute atomic E-state index is 14.3. The zero-order valence-electron chi connectivity index (χ0n) is 27.8. The van der Waals surface area contributed by atoms with Gasteiger partial charge in [-0.2, -0.15) is 0 Å². The van der Waals surface area contributed by atoms with Crippen LogP contribution in [0.25, 0.3) is 10.8 Å². The van der Waals surface area contributed by atoms with Crippen molar-refractivity contribution in [3.05, 3.63) is 126 Å². The standard InChI is InChI=1S/C37H42N6O5S/c1-4-21-43(37(46)40(2)25-29-11-6-5-7-12-29)42-23-22-41(26-31-15-10-14-30-13-8-9-16-33(30)31)36(45)34(38-35(44)27-42)24-28-17-19-32(20-18-28)39-49(3,47)48/h4-20,34,39H,1,21-27H2,2-3H3,(H,38,44)/t34-/m0/s1. The number of rotatable bonds is 11. The van der Waals surface area contributed by atoms with Crippen LogP contribution in [0, 0.1) is 0 Å². The summed E-state index contributed by atoms with van der Waals surface area (Å²) in [5.74, 6) is -0.669. The first-order valence-electron chi connectivity index (χ1n) is 16.0. The number of benzene rings is 4. The van der Waals surface area contributed by atoms with Gasteiger partial charge in [0.25, 0.3) is 0 Å². The summed E-state index contributed by atoms with van der Waals surface area (Å²) in [7, 11) is -1.74. The molecule has 1 aliphatic heterocycles. The van der Waals surface area contributed by atoms with Crippen LogP contribution in [-0.2, 0) is 39.1 Å². The van der Waals surface area contributed by atoms with Crippen LogP contribution in [0.1, 0.15) is 16.7 Å². The van der Waals surface area contributed by atoms with Gasteiger partial charge < -0.3 is 15.1 Å². The molecule has 0 bridgehead atoms. The lowest BCUT2D eigenvalue weighted by Crippen LogP contribution is -2.55. The van der Waals surface area contributed by atoms with Gasteiger partial charge in [0.1, 0.15) is 6.04 Å². The molecule has 4 amide bonds. The molecule has 1 aliphatic rings. The topological polar surface area (TPSA) is 122 Å². The Morgan fingerprint density at radius 3 is 2.35 bits per heavy atom. The molecule has 1 atom stereocenters. The second kappa shape index (κ2) is 15.8. The van der Waals surface area contributed by atoms with Crippen LogP contribution in [0.3, 0.4) is 0 Å². The molecule has 0 unspecified atom stereocenters. The van der Waals surface area contributed by atoms with Gasteiger partial charge in [-0.15, -0.1) is 6.58 Å². The fraction of sp³-hybridized carbons (Fsp3) is 0.270. The highest BCUT2D eigenvalue weighted by Crippen LogP contribution is 2.22. The number of urea groups is 1. The fourth-order valence-electron chi connectivity index (χ4n) is 5.97. The van der Waals surface area contributed by atoms with Crippen LogP contribution >= 0.6 is 0 Å². The second-order valence-corrected chi connectivity index (χ2v) is 13.9. The number of hydrazine groups is 1. The predicted octanol–water partition coefficient (Wildman–Crippen LogP) is 4.24. The summed E-state index contributed by atoms with van der Waals surface area (Å²) < 4.78 is 25.8. The van der Waals surface area contributed by atoms with Crippen LogP contribution in [0.2, 0.25) is 0 Å². The SMILES string of the molecule is C=CCN(C(=O)N(C)Cc1ccccc1)N1CCN(Cc2cccc3ccccc23)C(=O)[C@H](Cc2ccc(NS(C)(=O)=O)cc2)NC(=O)C1. The van der Waals surface area contributed by atoms with E-state index in [9.17, 15) is 22.8 Å². The van der Waals surface area contributed by atoms with E-state index in [2.05, 4.69) is 16.6 Å². The molecule has 0 saturated carbocycles. The van der Waals surface area contributed by atoms with E-state index in [0.717, 1.165) is 33.7 Å². The third kappa shape index (κ3) is 9.46. The highest BCUT2D eigenvalue weighted by molar-refractivity contribution is 7.92. The quantitative estimate of drug-likeness (QED) is 0.229. The Morgan fingerprint density at radius 2 is 1.63 bits per heavy atom. The largest absolute Gasteiger partial charge is 0.343 e. The fourth-order valence-corrected chi connectivity index (χ4v) is 6.53. The van der Waals surface area contributed by atoms with Crippen molar-refractivity contribution >= 4 is 44.3 Å². The van der Waals surface area contributed by atoms with E-state index in [1.54, 1.807) is 52.2 Å². The highest BCUT2D eigenvalue weighted by Gasteiger charge is 2.33. The first kappa shape index (κ1) is 35.1. The first-order valence-corrected chi connectivity index (χ1v) is 17.9. The van der Waals surface area contributed by atoms with Crippen molar-refractivity contribution < 1.29 is 22.8 Å². The van der Waals surface area contributed by atoms with E-state index in [1.807, 2.05) is 72.8 Å². The summed E-state index contributed by atoms with van der Waals surface area (Å²) >= 11 is 0. The van der Waals surface area contributed by atoms with E-state index < -0.39 is 22.0 Å². The maximum atomic E-state index is 14.3. The second-order valence-electron chi connectivity index (χ2n) is 12.2. The van der Waals surface area contributed by atoms with Gasteiger partial charge in [0.15, 0.2) is 0 Å². The molecule has 12 heteroatoms. The van der Waals surface area contributed by atoms with Crippen molar-refractivity contribution in [3.8, 4) is 0 Å². The Hall–Kier alpha value is -5.20. The van der Waals surface area contributed by atoms with E-state index in [-0.39, 0.29) is 44.5 Å². The maximum Gasteiger partial charge on any atom is 0.334 e. The zero-order chi connectivity index (χ0) is 35.0. The molecule has 11 nitrogen and oxygen atoms in total. The number of carbonyl (C=O) groups is 3. The lowest BCUT2D eigenvalue weighted by molar-refractivity contribution is -0.136. The molecule has 0 radical (unpaired) electrons. The van der Waals surface area contributed by atoms with Gasteiger partial charge in [-0.25, -0.2) is 18.2 Å².